The zero-order valence-electron chi connectivity index (χ0n) is 9.41. The van der Waals surface area contributed by atoms with E-state index in [4.69, 9.17) is 4.74 Å². The largest absolute Gasteiger partial charge is 0.386 e. The van der Waals surface area contributed by atoms with Gasteiger partial charge in [0.15, 0.2) is 0 Å². The predicted octanol–water partition coefficient (Wildman–Crippen LogP) is -0.144. The average Bonchev–Trinajstić information content (AvgIpc) is 2.48. The summed E-state index contributed by atoms with van der Waals surface area (Å²) in [5.41, 5.74) is -1.04. The van der Waals surface area contributed by atoms with Crippen LogP contribution in [0.25, 0.3) is 0 Å². The summed E-state index contributed by atoms with van der Waals surface area (Å²) in [5, 5.41) is 9.87. The van der Waals surface area contributed by atoms with Crippen LogP contribution < -0.4 is 4.72 Å². The molecule has 2 N–H and O–H groups in total. The van der Waals surface area contributed by atoms with Crippen LogP contribution in [0.2, 0.25) is 0 Å². The van der Waals surface area contributed by atoms with Crippen LogP contribution in [0.4, 0.5) is 0 Å². The molecule has 0 aromatic carbocycles. The van der Waals surface area contributed by atoms with Crippen molar-refractivity contribution in [2.24, 2.45) is 0 Å². The molecule has 1 fully saturated rings. The van der Waals surface area contributed by atoms with Crippen molar-refractivity contribution in [1.29, 1.82) is 0 Å². The second-order valence-electron chi connectivity index (χ2n) is 4.96. The molecule has 6 heteroatoms. The van der Waals surface area contributed by atoms with Gasteiger partial charge in [0.25, 0.3) is 0 Å². The molecule has 15 heavy (non-hydrogen) atoms. The molecular weight excluding hydrogens is 218 g/mol. The Morgan fingerprint density at radius 3 is 2.47 bits per heavy atom. The fourth-order valence-electron chi connectivity index (χ4n) is 1.18. The van der Waals surface area contributed by atoms with E-state index in [2.05, 4.69) is 4.72 Å². The zero-order valence-corrected chi connectivity index (χ0v) is 10.2. The van der Waals surface area contributed by atoms with E-state index < -0.39 is 20.4 Å². The highest BCUT2D eigenvalue weighted by molar-refractivity contribution is 7.90. The van der Waals surface area contributed by atoms with Crippen LogP contribution in [-0.2, 0) is 14.8 Å². The number of nitrogens with one attached hydrogen (secondary N) is 1. The van der Waals surface area contributed by atoms with E-state index in [9.17, 15) is 13.5 Å². The molecule has 1 aliphatic heterocycles. The molecule has 0 saturated carbocycles. The molecule has 0 bridgehead atoms. The molecule has 0 aromatic rings. The lowest BCUT2D eigenvalue weighted by Gasteiger charge is -2.25. The molecule has 0 aliphatic carbocycles. The van der Waals surface area contributed by atoms with Crippen LogP contribution in [0.15, 0.2) is 0 Å². The smallest absolute Gasteiger partial charge is 0.216 e. The maximum Gasteiger partial charge on any atom is 0.216 e. The molecule has 5 nitrogen and oxygen atoms in total. The minimum atomic E-state index is -3.39. The van der Waals surface area contributed by atoms with Gasteiger partial charge in [-0.3, -0.25) is 0 Å². The van der Waals surface area contributed by atoms with Crippen LogP contribution in [0.3, 0.4) is 0 Å². The molecule has 0 radical (unpaired) electrons. The second-order valence-corrected chi connectivity index (χ2v) is 7.48. The summed E-state index contributed by atoms with van der Waals surface area (Å²) in [4.78, 5) is 0. The summed E-state index contributed by atoms with van der Waals surface area (Å²) in [7, 11) is -3.39. The van der Waals surface area contributed by atoms with Gasteiger partial charge in [-0.05, 0) is 20.8 Å². The number of rotatable bonds is 3. The average molecular weight is 237 g/mol. The van der Waals surface area contributed by atoms with Crippen molar-refractivity contribution < 1.29 is 18.3 Å². The first-order chi connectivity index (χ1) is 6.66. The number of aliphatic hydroxyl groups is 1. The molecule has 90 valence electrons. The van der Waals surface area contributed by atoms with E-state index >= 15 is 0 Å². The quantitative estimate of drug-likeness (QED) is 0.716. The summed E-state index contributed by atoms with van der Waals surface area (Å²) in [5.74, 6) is 0. The number of sulfonamides is 1. The molecule has 1 heterocycles. The van der Waals surface area contributed by atoms with E-state index in [-0.39, 0.29) is 13.2 Å². The van der Waals surface area contributed by atoms with Crippen LogP contribution in [0, 0.1) is 0 Å². The van der Waals surface area contributed by atoms with E-state index in [1.165, 1.54) is 0 Å². The Labute approximate surface area is 90.9 Å². The van der Waals surface area contributed by atoms with Gasteiger partial charge in [-0.15, -0.1) is 0 Å². The van der Waals surface area contributed by atoms with Gasteiger partial charge in [-0.1, -0.05) is 0 Å². The van der Waals surface area contributed by atoms with Crippen molar-refractivity contribution in [3.63, 3.8) is 0 Å². The highest BCUT2D eigenvalue weighted by atomic mass is 32.2. The van der Waals surface area contributed by atoms with E-state index in [1.807, 2.05) is 0 Å². The van der Waals surface area contributed by atoms with Crippen molar-refractivity contribution in [3.05, 3.63) is 0 Å². The number of hydrogen-bond donors (Lipinski definition) is 2. The van der Waals surface area contributed by atoms with Gasteiger partial charge in [0.1, 0.15) is 5.60 Å². The summed E-state index contributed by atoms with van der Waals surface area (Å²) in [6.45, 7) is 5.54. The highest BCUT2D eigenvalue weighted by Crippen LogP contribution is 2.19. The van der Waals surface area contributed by atoms with Gasteiger partial charge in [-0.2, -0.15) is 0 Å². The molecule has 1 unspecified atom stereocenters. The minimum absolute atomic E-state index is 0.0204. The monoisotopic (exact) mass is 237 g/mol. The number of hydrogen-bond acceptors (Lipinski definition) is 4. The fraction of sp³-hybridized carbons (Fsp3) is 1.00. The lowest BCUT2D eigenvalue weighted by molar-refractivity contribution is 0.0314. The maximum absolute atomic E-state index is 11.7. The van der Waals surface area contributed by atoms with Crippen molar-refractivity contribution in [2.45, 2.75) is 37.5 Å². The van der Waals surface area contributed by atoms with Crippen LogP contribution in [-0.4, -0.2) is 43.6 Å². The van der Waals surface area contributed by atoms with Crippen molar-refractivity contribution in [1.82, 2.24) is 4.72 Å². The Bertz CT molecular complexity index is 311. The Kier molecular flexibility index (Phi) is 3.45. The molecular formula is C9H19NO4S. The van der Waals surface area contributed by atoms with E-state index in [0.717, 1.165) is 0 Å². The molecule has 1 aliphatic rings. The van der Waals surface area contributed by atoms with Crippen molar-refractivity contribution in [3.8, 4) is 0 Å². The van der Waals surface area contributed by atoms with E-state index in [0.29, 0.717) is 13.0 Å². The topological polar surface area (TPSA) is 75.6 Å². The van der Waals surface area contributed by atoms with Gasteiger partial charge in [-0.25, -0.2) is 13.1 Å². The molecule has 1 rings (SSSR count). The third-order valence-electron chi connectivity index (χ3n) is 2.48. The first-order valence-electron chi connectivity index (χ1n) is 4.96. The second kappa shape index (κ2) is 4.01. The Balaban J connectivity index is 2.57. The van der Waals surface area contributed by atoms with Gasteiger partial charge in [0, 0.05) is 19.6 Å². The van der Waals surface area contributed by atoms with Gasteiger partial charge >= 0.3 is 0 Å². The Hall–Kier alpha value is -0.170. The van der Waals surface area contributed by atoms with Crippen LogP contribution >= 0.6 is 0 Å². The Morgan fingerprint density at radius 1 is 1.47 bits per heavy atom. The summed E-state index contributed by atoms with van der Waals surface area (Å²) in [6, 6.07) is 0. The molecule has 0 spiro atoms. The summed E-state index contributed by atoms with van der Waals surface area (Å²) < 4.78 is 30.0. The normalized spacial score (nSPS) is 28.3. The Morgan fingerprint density at radius 2 is 2.07 bits per heavy atom. The van der Waals surface area contributed by atoms with Crippen LogP contribution in [0.1, 0.15) is 27.2 Å². The predicted molar refractivity (Wildman–Crippen MR) is 57.1 cm³/mol. The first-order valence-corrected chi connectivity index (χ1v) is 6.44. The lowest BCUT2D eigenvalue weighted by Crippen LogP contribution is -2.48. The third-order valence-corrected chi connectivity index (χ3v) is 4.62. The summed E-state index contributed by atoms with van der Waals surface area (Å²) >= 11 is 0. The summed E-state index contributed by atoms with van der Waals surface area (Å²) in [6.07, 6.45) is 0.472. The van der Waals surface area contributed by atoms with Gasteiger partial charge in [0.2, 0.25) is 10.0 Å². The maximum atomic E-state index is 11.7. The zero-order chi connectivity index (χ0) is 11.7. The third kappa shape index (κ3) is 3.14. The molecule has 1 atom stereocenters. The minimum Gasteiger partial charge on any atom is -0.386 e. The molecule has 0 amide bonds. The number of ether oxygens (including phenoxy) is 1. The molecule has 1 saturated heterocycles. The van der Waals surface area contributed by atoms with Crippen molar-refractivity contribution in [2.75, 3.05) is 19.8 Å². The fourth-order valence-corrected chi connectivity index (χ4v) is 2.07. The molecule has 0 aromatic heterocycles. The lowest BCUT2D eigenvalue weighted by atomic mass is 10.1. The highest BCUT2D eigenvalue weighted by Gasteiger charge is 2.36. The van der Waals surface area contributed by atoms with Gasteiger partial charge in [0.05, 0.1) is 11.4 Å². The first kappa shape index (κ1) is 12.9. The van der Waals surface area contributed by atoms with Crippen molar-refractivity contribution >= 4 is 10.0 Å². The van der Waals surface area contributed by atoms with Crippen LogP contribution in [0.5, 0.6) is 0 Å². The van der Waals surface area contributed by atoms with E-state index in [1.54, 1.807) is 20.8 Å². The SMILES string of the molecule is CC(C)(C)S(=O)(=O)NCC1(O)CCOC1. The van der Waals surface area contributed by atoms with Gasteiger partial charge < -0.3 is 9.84 Å². The standard InChI is InChI=1S/C9H19NO4S/c1-8(2,3)15(12,13)10-6-9(11)4-5-14-7-9/h10-11H,4-7H2,1-3H3.